The minimum Gasteiger partial charge on any atom is -0.465 e. The van der Waals surface area contributed by atoms with Gasteiger partial charge in [-0.05, 0) is 34.7 Å². The van der Waals surface area contributed by atoms with E-state index in [-0.39, 0.29) is 31.6 Å². The number of aliphatic hydroxyl groups is 1. The van der Waals surface area contributed by atoms with Crippen molar-refractivity contribution < 1.29 is 19.4 Å². The molecule has 0 bridgehead atoms. The van der Waals surface area contributed by atoms with E-state index in [0.717, 1.165) is 0 Å². The Labute approximate surface area is 103 Å². The van der Waals surface area contributed by atoms with Crippen LogP contribution in [0, 0.1) is 5.41 Å². The molecular weight excluding hydrogens is 222 g/mol. The van der Waals surface area contributed by atoms with Gasteiger partial charge in [0.2, 0.25) is 0 Å². The fourth-order valence-corrected chi connectivity index (χ4v) is 1.14. The Kier molecular flexibility index (Phi) is 6.34. The number of nitrogens with zero attached hydrogens (tertiary/aromatic N) is 1. The van der Waals surface area contributed by atoms with Crippen molar-refractivity contribution in [1.82, 2.24) is 4.90 Å². The summed E-state index contributed by atoms with van der Waals surface area (Å²) in [6.45, 7) is 6.99. The zero-order valence-electron chi connectivity index (χ0n) is 11.3. The first-order valence-corrected chi connectivity index (χ1v) is 5.79. The fraction of sp³-hybridized carbons (Fsp3) is 0.833. The quantitative estimate of drug-likeness (QED) is 0.521. The maximum Gasteiger partial charge on any atom is 0.319 e. The van der Waals surface area contributed by atoms with Crippen molar-refractivity contribution in [2.75, 3.05) is 26.8 Å². The summed E-state index contributed by atoms with van der Waals surface area (Å²) in [4.78, 5) is 25.3. The lowest BCUT2D eigenvalue weighted by Gasteiger charge is -2.27. The topological polar surface area (TPSA) is 66.8 Å². The average molecular weight is 245 g/mol. The standard InChI is InChI=1S/C12H23NO4/c1-6-17-11(16)12(3,4)10(15)7-13(5)9(2)8-14/h9,14H,6-8H2,1-5H3. The number of ether oxygens (including phenoxy) is 1. The van der Waals surface area contributed by atoms with Crippen LogP contribution in [-0.2, 0) is 14.3 Å². The number of ketones is 1. The summed E-state index contributed by atoms with van der Waals surface area (Å²) in [6, 6.07) is -0.114. The van der Waals surface area contributed by atoms with Crippen LogP contribution in [0.3, 0.4) is 0 Å². The van der Waals surface area contributed by atoms with E-state index in [9.17, 15) is 9.59 Å². The van der Waals surface area contributed by atoms with Crippen LogP contribution in [0.2, 0.25) is 0 Å². The molecule has 0 aromatic heterocycles. The molecule has 0 amide bonds. The van der Waals surface area contributed by atoms with E-state index in [0.29, 0.717) is 0 Å². The summed E-state index contributed by atoms with van der Waals surface area (Å²) < 4.78 is 4.87. The number of Topliss-reactive ketones (excluding diaryl/α,β-unsaturated/α-hetero) is 1. The smallest absolute Gasteiger partial charge is 0.319 e. The molecule has 0 aromatic carbocycles. The van der Waals surface area contributed by atoms with Gasteiger partial charge in [0.05, 0.1) is 19.8 Å². The second kappa shape index (κ2) is 6.71. The molecule has 1 N–H and O–H groups in total. The van der Waals surface area contributed by atoms with Crippen LogP contribution in [0.4, 0.5) is 0 Å². The zero-order valence-corrected chi connectivity index (χ0v) is 11.3. The molecule has 0 saturated heterocycles. The first-order chi connectivity index (χ1) is 7.77. The number of carbonyl (C=O) groups is 2. The molecule has 0 aliphatic heterocycles. The van der Waals surface area contributed by atoms with Crippen LogP contribution in [-0.4, -0.2) is 54.6 Å². The Balaban J connectivity index is 4.53. The molecule has 0 radical (unpaired) electrons. The number of hydrogen-bond acceptors (Lipinski definition) is 5. The van der Waals surface area contributed by atoms with E-state index in [2.05, 4.69) is 0 Å². The highest BCUT2D eigenvalue weighted by Gasteiger charge is 2.37. The summed E-state index contributed by atoms with van der Waals surface area (Å²) in [7, 11) is 1.74. The van der Waals surface area contributed by atoms with E-state index in [1.165, 1.54) is 0 Å². The van der Waals surface area contributed by atoms with E-state index < -0.39 is 11.4 Å². The van der Waals surface area contributed by atoms with Gasteiger partial charge in [0.15, 0.2) is 5.78 Å². The summed E-state index contributed by atoms with van der Waals surface area (Å²) in [6.07, 6.45) is 0. The van der Waals surface area contributed by atoms with Crippen LogP contribution in [0.25, 0.3) is 0 Å². The van der Waals surface area contributed by atoms with Gasteiger partial charge in [-0.1, -0.05) is 0 Å². The minimum absolute atomic E-state index is 0.0242. The predicted octanol–water partition coefficient (Wildman–Crippen LogP) is 0.457. The van der Waals surface area contributed by atoms with Crippen molar-refractivity contribution in [3.8, 4) is 0 Å². The van der Waals surface area contributed by atoms with E-state index in [1.807, 2.05) is 6.92 Å². The third kappa shape index (κ3) is 4.44. The van der Waals surface area contributed by atoms with Crippen LogP contribution in [0.5, 0.6) is 0 Å². The van der Waals surface area contributed by atoms with Crippen molar-refractivity contribution in [3.05, 3.63) is 0 Å². The van der Waals surface area contributed by atoms with E-state index in [1.54, 1.807) is 32.7 Å². The molecule has 0 aromatic rings. The number of rotatable bonds is 7. The monoisotopic (exact) mass is 245 g/mol. The Hall–Kier alpha value is -0.940. The molecule has 0 spiro atoms. The highest BCUT2D eigenvalue weighted by atomic mass is 16.5. The van der Waals surface area contributed by atoms with Crippen molar-refractivity contribution in [2.24, 2.45) is 5.41 Å². The molecule has 5 heteroatoms. The van der Waals surface area contributed by atoms with Crippen molar-refractivity contribution in [3.63, 3.8) is 0 Å². The minimum atomic E-state index is -1.14. The maximum absolute atomic E-state index is 12.0. The molecule has 1 atom stereocenters. The van der Waals surface area contributed by atoms with Crippen LogP contribution < -0.4 is 0 Å². The predicted molar refractivity (Wildman–Crippen MR) is 64.6 cm³/mol. The van der Waals surface area contributed by atoms with Gasteiger partial charge in [0.25, 0.3) is 0 Å². The molecule has 0 fully saturated rings. The average Bonchev–Trinajstić information content (AvgIpc) is 2.27. The third-order valence-corrected chi connectivity index (χ3v) is 2.89. The van der Waals surface area contributed by atoms with Gasteiger partial charge in [-0.15, -0.1) is 0 Å². The largest absolute Gasteiger partial charge is 0.465 e. The van der Waals surface area contributed by atoms with Gasteiger partial charge in [-0.3, -0.25) is 14.5 Å². The summed E-state index contributed by atoms with van der Waals surface area (Å²) in [5.74, 6) is -0.714. The van der Waals surface area contributed by atoms with Gasteiger partial charge in [0, 0.05) is 6.04 Å². The number of hydrogen-bond donors (Lipinski definition) is 1. The lowest BCUT2D eigenvalue weighted by molar-refractivity contribution is -0.158. The summed E-state index contributed by atoms with van der Waals surface area (Å²) in [5.41, 5.74) is -1.14. The van der Waals surface area contributed by atoms with E-state index in [4.69, 9.17) is 9.84 Å². The van der Waals surface area contributed by atoms with Gasteiger partial charge in [0.1, 0.15) is 5.41 Å². The maximum atomic E-state index is 12.0. The number of aliphatic hydroxyl groups excluding tert-OH is 1. The molecule has 0 aliphatic carbocycles. The van der Waals surface area contributed by atoms with Gasteiger partial charge < -0.3 is 9.84 Å². The molecule has 0 aliphatic rings. The lowest BCUT2D eigenvalue weighted by atomic mass is 9.87. The zero-order chi connectivity index (χ0) is 13.6. The van der Waals surface area contributed by atoms with Crippen molar-refractivity contribution in [2.45, 2.75) is 33.7 Å². The highest BCUT2D eigenvalue weighted by Crippen LogP contribution is 2.19. The molecule has 5 nitrogen and oxygen atoms in total. The van der Waals surface area contributed by atoms with Crippen molar-refractivity contribution >= 4 is 11.8 Å². The van der Waals surface area contributed by atoms with Crippen LogP contribution in [0.15, 0.2) is 0 Å². The SMILES string of the molecule is CCOC(=O)C(C)(C)C(=O)CN(C)C(C)CO. The molecule has 1 unspecified atom stereocenters. The Morgan fingerprint density at radius 3 is 2.35 bits per heavy atom. The number of esters is 1. The van der Waals surface area contributed by atoms with E-state index >= 15 is 0 Å². The first-order valence-electron chi connectivity index (χ1n) is 5.79. The Bertz CT molecular complexity index is 276. The molecule has 0 rings (SSSR count). The molecule has 0 heterocycles. The molecule has 17 heavy (non-hydrogen) atoms. The Morgan fingerprint density at radius 1 is 1.41 bits per heavy atom. The number of likely N-dealkylation sites (N-methyl/N-ethyl adjacent to an activating group) is 1. The highest BCUT2D eigenvalue weighted by molar-refractivity contribution is 6.03. The molecule has 100 valence electrons. The number of carbonyl (C=O) groups excluding carboxylic acids is 2. The van der Waals surface area contributed by atoms with Gasteiger partial charge in [-0.2, -0.15) is 0 Å². The van der Waals surface area contributed by atoms with Gasteiger partial charge >= 0.3 is 5.97 Å². The lowest BCUT2D eigenvalue weighted by Crippen LogP contribution is -2.44. The second-order valence-corrected chi connectivity index (χ2v) is 4.72. The van der Waals surface area contributed by atoms with Crippen molar-refractivity contribution in [1.29, 1.82) is 0 Å². The molecular formula is C12H23NO4. The van der Waals surface area contributed by atoms with Crippen LogP contribution >= 0.6 is 0 Å². The normalized spacial score (nSPS) is 13.6. The fourth-order valence-electron chi connectivity index (χ4n) is 1.14. The second-order valence-electron chi connectivity index (χ2n) is 4.72. The summed E-state index contributed by atoms with van der Waals surface area (Å²) >= 11 is 0. The first kappa shape index (κ1) is 16.1. The third-order valence-electron chi connectivity index (χ3n) is 2.89. The Morgan fingerprint density at radius 2 is 1.94 bits per heavy atom. The summed E-state index contributed by atoms with van der Waals surface area (Å²) in [5, 5.41) is 8.97. The van der Waals surface area contributed by atoms with Gasteiger partial charge in [-0.25, -0.2) is 0 Å². The van der Waals surface area contributed by atoms with Crippen LogP contribution in [0.1, 0.15) is 27.7 Å². The molecule has 0 saturated carbocycles.